The molecule has 4 rings (SSSR count). The number of aromatic nitrogens is 1. The molecule has 2 aliphatic rings. The first-order valence-electron chi connectivity index (χ1n) is 6.73. The lowest BCUT2D eigenvalue weighted by atomic mass is 9.97. The van der Waals surface area contributed by atoms with Crippen LogP contribution < -0.4 is 0 Å². The van der Waals surface area contributed by atoms with E-state index < -0.39 is 0 Å². The number of carbonyl (C=O) groups is 1. The van der Waals surface area contributed by atoms with Gasteiger partial charge < -0.3 is 0 Å². The molecule has 90 valence electrons. The van der Waals surface area contributed by atoms with Gasteiger partial charge in [-0.2, -0.15) is 0 Å². The quantitative estimate of drug-likeness (QED) is 0.749. The molecule has 0 saturated heterocycles. The van der Waals surface area contributed by atoms with Crippen LogP contribution >= 0.6 is 0 Å². The van der Waals surface area contributed by atoms with Gasteiger partial charge in [-0.3, -0.25) is 9.78 Å². The summed E-state index contributed by atoms with van der Waals surface area (Å²) in [5.41, 5.74) is 0.875. The maximum Gasteiger partial charge on any atom is 0.167 e. The highest BCUT2D eigenvalue weighted by atomic mass is 16.1. The summed E-state index contributed by atoms with van der Waals surface area (Å²) in [6.07, 6.45) is 7.42. The van der Waals surface area contributed by atoms with Crippen molar-refractivity contribution in [3.63, 3.8) is 0 Å². The van der Waals surface area contributed by atoms with Gasteiger partial charge in [-0.1, -0.05) is 24.6 Å². The molecule has 2 nitrogen and oxygen atoms in total. The van der Waals surface area contributed by atoms with Crippen molar-refractivity contribution in [2.45, 2.75) is 19.3 Å². The molecule has 18 heavy (non-hydrogen) atoms. The fourth-order valence-electron chi connectivity index (χ4n) is 3.72. The average molecular weight is 237 g/mol. The van der Waals surface area contributed by atoms with Crippen LogP contribution in [0.4, 0.5) is 0 Å². The number of hydrogen-bond donors (Lipinski definition) is 0. The van der Waals surface area contributed by atoms with Crippen molar-refractivity contribution in [1.82, 2.24) is 4.98 Å². The summed E-state index contributed by atoms with van der Waals surface area (Å²) in [5, 5.41) is 2.12. The Hall–Kier alpha value is -1.70. The summed E-state index contributed by atoms with van der Waals surface area (Å²) < 4.78 is 0. The Morgan fingerprint density at radius 3 is 2.83 bits per heavy atom. The molecule has 0 bridgehead atoms. The largest absolute Gasteiger partial charge is 0.294 e. The standard InChI is InChI=1S/C16H15NO/c18-16(15-11-4-2-5-12(11)15)13-6-1-3-10-7-8-17-9-14(10)13/h1,3,6-9,11-12,15H,2,4-5H2. The Morgan fingerprint density at radius 1 is 1.17 bits per heavy atom. The van der Waals surface area contributed by atoms with E-state index >= 15 is 0 Å². The second-order valence-corrected chi connectivity index (χ2v) is 5.55. The van der Waals surface area contributed by atoms with E-state index in [9.17, 15) is 4.79 Å². The SMILES string of the molecule is O=C(c1cccc2ccncc12)C1C2CCCC21. The normalized spacial score (nSPS) is 29.2. The Labute approximate surface area is 106 Å². The number of ketones is 1. The molecular formula is C16H15NO. The number of benzene rings is 1. The lowest BCUT2D eigenvalue weighted by Gasteiger charge is -2.06. The van der Waals surface area contributed by atoms with Gasteiger partial charge in [0.15, 0.2) is 5.78 Å². The minimum Gasteiger partial charge on any atom is -0.294 e. The lowest BCUT2D eigenvalue weighted by Crippen LogP contribution is -2.07. The van der Waals surface area contributed by atoms with E-state index in [1.807, 2.05) is 30.5 Å². The fourth-order valence-corrected chi connectivity index (χ4v) is 3.72. The van der Waals surface area contributed by atoms with E-state index in [0.29, 0.717) is 23.5 Å². The van der Waals surface area contributed by atoms with Crippen molar-refractivity contribution < 1.29 is 4.79 Å². The van der Waals surface area contributed by atoms with Crippen LogP contribution in [0.1, 0.15) is 29.6 Å². The highest BCUT2D eigenvalue weighted by molar-refractivity contribution is 6.10. The van der Waals surface area contributed by atoms with E-state index in [2.05, 4.69) is 4.98 Å². The molecule has 2 fully saturated rings. The predicted octanol–water partition coefficient (Wildman–Crippen LogP) is 3.46. The van der Waals surface area contributed by atoms with Crippen molar-refractivity contribution in [3.8, 4) is 0 Å². The molecule has 2 saturated carbocycles. The zero-order chi connectivity index (χ0) is 12.1. The molecule has 2 heteroatoms. The van der Waals surface area contributed by atoms with Crippen LogP contribution in [0, 0.1) is 17.8 Å². The molecule has 0 aliphatic heterocycles. The third-order valence-electron chi connectivity index (χ3n) is 4.66. The molecular weight excluding hydrogens is 222 g/mol. The van der Waals surface area contributed by atoms with E-state index in [1.165, 1.54) is 19.3 Å². The number of Topliss-reactive ketones (excluding diaryl/α,β-unsaturated/α-hetero) is 1. The molecule has 0 N–H and O–H groups in total. The first-order chi connectivity index (χ1) is 8.86. The van der Waals surface area contributed by atoms with Crippen LogP contribution in [-0.2, 0) is 0 Å². The van der Waals surface area contributed by atoms with Crippen molar-refractivity contribution in [1.29, 1.82) is 0 Å². The molecule has 2 aromatic rings. The Kier molecular flexibility index (Phi) is 2.07. The summed E-state index contributed by atoms with van der Waals surface area (Å²) >= 11 is 0. The predicted molar refractivity (Wildman–Crippen MR) is 70.4 cm³/mol. The third-order valence-corrected chi connectivity index (χ3v) is 4.66. The first-order valence-corrected chi connectivity index (χ1v) is 6.73. The van der Waals surface area contributed by atoms with Crippen molar-refractivity contribution in [2.24, 2.45) is 17.8 Å². The molecule has 0 radical (unpaired) electrons. The molecule has 1 heterocycles. The van der Waals surface area contributed by atoms with Gasteiger partial charge in [-0.25, -0.2) is 0 Å². The molecule has 0 amide bonds. The van der Waals surface area contributed by atoms with Gasteiger partial charge in [0, 0.05) is 29.3 Å². The van der Waals surface area contributed by atoms with Gasteiger partial charge in [0.25, 0.3) is 0 Å². The number of pyridine rings is 1. The number of rotatable bonds is 2. The third kappa shape index (κ3) is 1.35. The Morgan fingerprint density at radius 2 is 2.00 bits per heavy atom. The summed E-state index contributed by atoms with van der Waals surface area (Å²) in [5.74, 6) is 2.03. The van der Waals surface area contributed by atoms with E-state index in [-0.39, 0.29) is 0 Å². The minimum absolute atomic E-state index is 0.310. The number of hydrogen-bond acceptors (Lipinski definition) is 2. The smallest absolute Gasteiger partial charge is 0.167 e. The molecule has 0 spiro atoms. The second-order valence-electron chi connectivity index (χ2n) is 5.55. The second kappa shape index (κ2) is 3.64. The van der Waals surface area contributed by atoms with Gasteiger partial charge in [-0.15, -0.1) is 0 Å². The van der Waals surface area contributed by atoms with Crippen LogP contribution in [0.15, 0.2) is 36.7 Å². The summed E-state index contributed by atoms with van der Waals surface area (Å²) in [4.78, 5) is 16.8. The highest BCUT2D eigenvalue weighted by Crippen LogP contribution is 2.58. The summed E-state index contributed by atoms with van der Waals surface area (Å²) in [7, 11) is 0. The van der Waals surface area contributed by atoms with Crippen LogP contribution in [0.25, 0.3) is 10.8 Å². The lowest BCUT2D eigenvalue weighted by molar-refractivity contribution is 0.0953. The molecule has 1 aromatic carbocycles. The maximum atomic E-state index is 12.6. The topological polar surface area (TPSA) is 30.0 Å². The maximum absolute atomic E-state index is 12.6. The zero-order valence-electron chi connectivity index (χ0n) is 10.2. The minimum atomic E-state index is 0.310. The number of carbonyl (C=O) groups excluding carboxylic acids is 1. The highest BCUT2D eigenvalue weighted by Gasteiger charge is 2.56. The van der Waals surface area contributed by atoms with Gasteiger partial charge >= 0.3 is 0 Å². The molecule has 2 unspecified atom stereocenters. The molecule has 2 aliphatic carbocycles. The summed E-state index contributed by atoms with van der Waals surface area (Å²) in [6.45, 7) is 0. The van der Waals surface area contributed by atoms with Gasteiger partial charge in [-0.05, 0) is 36.1 Å². The van der Waals surface area contributed by atoms with Crippen molar-refractivity contribution >= 4 is 16.6 Å². The Bertz CT molecular complexity index is 619. The Balaban J connectivity index is 1.76. The molecule has 2 atom stereocenters. The van der Waals surface area contributed by atoms with Crippen LogP contribution in [0.2, 0.25) is 0 Å². The fraction of sp³-hybridized carbons (Fsp3) is 0.375. The van der Waals surface area contributed by atoms with Crippen molar-refractivity contribution in [3.05, 3.63) is 42.2 Å². The monoisotopic (exact) mass is 237 g/mol. The average Bonchev–Trinajstić information content (AvgIpc) is 2.90. The van der Waals surface area contributed by atoms with Crippen molar-refractivity contribution in [2.75, 3.05) is 0 Å². The van der Waals surface area contributed by atoms with E-state index in [1.54, 1.807) is 6.20 Å². The van der Waals surface area contributed by atoms with Crippen LogP contribution in [0.5, 0.6) is 0 Å². The van der Waals surface area contributed by atoms with Gasteiger partial charge in [0.05, 0.1) is 0 Å². The molecule has 1 aromatic heterocycles. The van der Waals surface area contributed by atoms with E-state index in [0.717, 1.165) is 16.3 Å². The van der Waals surface area contributed by atoms with Crippen LogP contribution in [0.3, 0.4) is 0 Å². The number of fused-ring (bicyclic) bond motifs is 2. The summed E-state index contributed by atoms with van der Waals surface area (Å²) in [6, 6.07) is 7.95. The van der Waals surface area contributed by atoms with Gasteiger partial charge in [0.2, 0.25) is 0 Å². The van der Waals surface area contributed by atoms with Gasteiger partial charge in [0.1, 0.15) is 0 Å². The first kappa shape index (κ1) is 10.2. The van der Waals surface area contributed by atoms with Crippen LogP contribution in [-0.4, -0.2) is 10.8 Å². The number of nitrogens with zero attached hydrogens (tertiary/aromatic N) is 1. The zero-order valence-corrected chi connectivity index (χ0v) is 10.2. The van der Waals surface area contributed by atoms with E-state index in [4.69, 9.17) is 0 Å².